The number of hydrogen-bond acceptors (Lipinski definition) is 5. The fourth-order valence-electron chi connectivity index (χ4n) is 4.07. The van der Waals surface area contributed by atoms with Crippen molar-refractivity contribution in [1.29, 1.82) is 0 Å². The van der Waals surface area contributed by atoms with E-state index in [0.717, 1.165) is 24.2 Å². The summed E-state index contributed by atoms with van der Waals surface area (Å²) < 4.78 is 27.7. The molecule has 2 heterocycles. The number of rotatable bonds is 6. The van der Waals surface area contributed by atoms with Crippen molar-refractivity contribution in [3.05, 3.63) is 48.0 Å². The number of aryl methyl sites for hydroxylation is 1. The molecule has 0 spiro atoms. The molecule has 0 bridgehead atoms. The molecule has 33 heavy (non-hydrogen) atoms. The van der Waals surface area contributed by atoms with Gasteiger partial charge in [0.2, 0.25) is 21.8 Å². The molecule has 1 atom stereocenters. The minimum atomic E-state index is -3.64. The number of sulfonamides is 1. The van der Waals surface area contributed by atoms with Crippen molar-refractivity contribution in [3.63, 3.8) is 0 Å². The minimum absolute atomic E-state index is 0.159. The highest BCUT2D eigenvalue weighted by molar-refractivity contribution is 7.99. The second-order valence-electron chi connectivity index (χ2n) is 8.48. The van der Waals surface area contributed by atoms with Gasteiger partial charge in [-0.3, -0.25) is 9.59 Å². The van der Waals surface area contributed by atoms with Crippen LogP contribution in [-0.4, -0.2) is 49.9 Å². The molecule has 2 aromatic rings. The first-order chi connectivity index (χ1) is 15.8. The SMILES string of the molecule is CCc1ccc(NC(=O)CN2C(=O)[C@H](C)CSc3ccc(S(=O)(=O)N4CCCC4)cc32)cc1. The molecular weight excluding hydrogens is 458 g/mol. The Morgan fingerprint density at radius 3 is 2.48 bits per heavy atom. The van der Waals surface area contributed by atoms with E-state index in [0.29, 0.717) is 30.2 Å². The lowest BCUT2D eigenvalue weighted by Gasteiger charge is -2.25. The van der Waals surface area contributed by atoms with Crippen molar-refractivity contribution in [2.45, 2.75) is 42.9 Å². The highest BCUT2D eigenvalue weighted by Crippen LogP contribution is 2.38. The molecule has 2 aromatic carbocycles. The molecule has 2 aliphatic heterocycles. The van der Waals surface area contributed by atoms with Gasteiger partial charge in [-0.2, -0.15) is 4.31 Å². The number of nitrogens with zero attached hydrogens (tertiary/aromatic N) is 2. The molecule has 7 nitrogen and oxygen atoms in total. The molecule has 9 heteroatoms. The highest BCUT2D eigenvalue weighted by atomic mass is 32.2. The normalized spacial score (nSPS) is 19.3. The molecule has 0 saturated carbocycles. The Bertz CT molecular complexity index is 1140. The van der Waals surface area contributed by atoms with Crippen LogP contribution in [-0.2, 0) is 26.0 Å². The molecule has 2 amide bonds. The fraction of sp³-hybridized carbons (Fsp3) is 0.417. The third-order valence-electron chi connectivity index (χ3n) is 6.05. The number of fused-ring (bicyclic) bond motifs is 1. The van der Waals surface area contributed by atoms with Crippen LogP contribution in [0.25, 0.3) is 0 Å². The number of carbonyl (C=O) groups excluding carboxylic acids is 2. The molecule has 4 rings (SSSR count). The van der Waals surface area contributed by atoms with Crippen molar-refractivity contribution in [2.75, 3.05) is 35.6 Å². The first-order valence-electron chi connectivity index (χ1n) is 11.3. The van der Waals surface area contributed by atoms with E-state index in [1.165, 1.54) is 26.5 Å². The predicted octanol–water partition coefficient (Wildman–Crippen LogP) is 3.75. The molecule has 0 unspecified atom stereocenters. The van der Waals surface area contributed by atoms with Gasteiger partial charge in [0, 0.05) is 35.3 Å². The van der Waals surface area contributed by atoms with Crippen molar-refractivity contribution >= 4 is 45.0 Å². The van der Waals surface area contributed by atoms with E-state index in [1.54, 1.807) is 18.2 Å². The lowest BCUT2D eigenvalue weighted by Crippen LogP contribution is -2.41. The summed E-state index contributed by atoms with van der Waals surface area (Å²) in [5, 5.41) is 2.85. The second kappa shape index (κ2) is 9.87. The van der Waals surface area contributed by atoms with E-state index < -0.39 is 10.0 Å². The zero-order chi connectivity index (χ0) is 23.6. The van der Waals surface area contributed by atoms with Crippen LogP contribution in [0.2, 0.25) is 0 Å². The Hall–Kier alpha value is -2.36. The number of thioether (sulfide) groups is 1. The maximum Gasteiger partial charge on any atom is 0.244 e. The summed E-state index contributed by atoms with van der Waals surface area (Å²) >= 11 is 1.51. The Morgan fingerprint density at radius 1 is 1.12 bits per heavy atom. The van der Waals surface area contributed by atoms with Crippen molar-refractivity contribution in [1.82, 2.24) is 4.31 Å². The molecule has 0 aromatic heterocycles. The Labute approximate surface area is 199 Å². The molecular formula is C24H29N3O4S2. The Morgan fingerprint density at radius 2 is 1.82 bits per heavy atom. The predicted molar refractivity (Wildman–Crippen MR) is 131 cm³/mol. The lowest BCUT2D eigenvalue weighted by atomic mass is 10.1. The molecule has 1 saturated heterocycles. The average molecular weight is 488 g/mol. The quantitative estimate of drug-likeness (QED) is 0.671. The number of anilines is 2. The maximum atomic E-state index is 13.2. The van der Waals surface area contributed by atoms with Crippen LogP contribution in [0.5, 0.6) is 0 Å². The van der Waals surface area contributed by atoms with Crippen LogP contribution < -0.4 is 10.2 Å². The fourth-order valence-corrected chi connectivity index (χ4v) is 6.66. The number of benzene rings is 2. The van der Waals surface area contributed by atoms with Gasteiger partial charge in [-0.15, -0.1) is 11.8 Å². The number of carbonyl (C=O) groups is 2. The van der Waals surface area contributed by atoms with E-state index in [-0.39, 0.29) is 29.2 Å². The van der Waals surface area contributed by atoms with Gasteiger partial charge in [0.1, 0.15) is 6.54 Å². The van der Waals surface area contributed by atoms with Crippen molar-refractivity contribution in [3.8, 4) is 0 Å². The van der Waals surface area contributed by atoms with Crippen LogP contribution in [0.4, 0.5) is 11.4 Å². The first-order valence-corrected chi connectivity index (χ1v) is 13.7. The van der Waals surface area contributed by atoms with E-state index in [9.17, 15) is 18.0 Å². The third kappa shape index (κ3) is 5.10. The first kappa shape index (κ1) is 23.8. The zero-order valence-corrected chi connectivity index (χ0v) is 20.5. The van der Waals surface area contributed by atoms with Crippen LogP contribution in [0.1, 0.15) is 32.3 Å². The summed E-state index contributed by atoms with van der Waals surface area (Å²) in [5.41, 5.74) is 2.31. The summed E-state index contributed by atoms with van der Waals surface area (Å²) in [7, 11) is -3.64. The van der Waals surface area contributed by atoms with Gasteiger partial charge in [0.15, 0.2) is 0 Å². The Balaban J connectivity index is 1.62. The van der Waals surface area contributed by atoms with E-state index in [4.69, 9.17) is 0 Å². The zero-order valence-electron chi connectivity index (χ0n) is 18.9. The van der Waals surface area contributed by atoms with Gasteiger partial charge in [-0.25, -0.2) is 8.42 Å². The topological polar surface area (TPSA) is 86.8 Å². The molecule has 176 valence electrons. The molecule has 0 aliphatic carbocycles. The minimum Gasteiger partial charge on any atom is -0.325 e. The van der Waals surface area contributed by atoms with Gasteiger partial charge in [-0.05, 0) is 55.2 Å². The van der Waals surface area contributed by atoms with Gasteiger partial charge in [0.25, 0.3) is 0 Å². The van der Waals surface area contributed by atoms with Crippen LogP contribution in [0, 0.1) is 5.92 Å². The molecule has 2 aliphatic rings. The third-order valence-corrected chi connectivity index (χ3v) is 9.27. The van der Waals surface area contributed by atoms with Crippen LogP contribution in [0.15, 0.2) is 52.3 Å². The monoisotopic (exact) mass is 487 g/mol. The molecule has 1 N–H and O–H groups in total. The Kier molecular flexibility index (Phi) is 7.11. The molecule has 0 radical (unpaired) electrons. The standard InChI is InChI=1S/C24H29N3O4S2/c1-3-18-6-8-19(9-7-18)25-23(28)15-27-21-14-20(33(30,31)26-12-4-5-13-26)10-11-22(21)32-16-17(2)24(27)29/h6-11,14,17H,3-5,12-13,15-16H2,1-2H3,(H,25,28)/t17-/m1/s1. The maximum absolute atomic E-state index is 13.2. The van der Waals surface area contributed by atoms with Gasteiger partial charge >= 0.3 is 0 Å². The van der Waals surface area contributed by atoms with E-state index in [1.807, 2.05) is 31.2 Å². The number of nitrogens with one attached hydrogen (secondary N) is 1. The summed E-state index contributed by atoms with van der Waals surface area (Å²) in [6, 6.07) is 12.5. The van der Waals surface area contributed by atoms with E-state index in [2.05, 4.69) is 12.2 Å². The second-order valence-corrected chi connectivity index (χ2v) is 11.5. The van der Waals surface area contributed by atoms with Gasteiger partial charge in [0.05, 0.1) is 10.6 Å². The van der Waals surface area contributed by atoms with Crippen LogP contribution in [0.3, 0.4) is 0 Å². The smallest absolute Gasteiger partial charge is 0.244 e. The van der Waals surface area contributed by atoms with E-state index >= 15 is 0 Å². The van der Waals surface area contributed by atoms with Gasteiger partial charge < -0.3 is 10.2 Å². The number of amides is 2. The number of hydrogen-bond donors (Lipinski definition) is 1. The highest BCUT2D eigenvalue weighted by Gasteiger charge is 2.33. The molecule has 1 fully saturated rings. The van der Waals surface area contributed by atoms with Crippen molar-refractivity contribution < 1.29 is 18.0 Å². The summed E-state index contributed by atoms with van der Waals surface area (Å²) in [5.74, 6) is -0.239. The summed E-state index contributed by atoms with van der Waals surface area (Å²) in [6.45, 7) is 4.73. The van der Waals surface area contributed by atoms with Crippen molar-refractivity contribution in [2.24, 2.45) is 5.92 Å². The largest absolute Gasteiger partial charge is 0.325 e. The summed E-state index contributed by atoms with van der Waals surface area (Å²) in [6.07, 6.45) is 2.61. The lowest BCUT2D eigenvalue weighted by molar-refractivity contribution is -0.123. The average Bonchev–Trinajstić information content (AvgIpc) is 3.34. The van der Waals surface area contributed by atoms with Gasteiger partial charge in [-0.1, -0.05) is 26.0 Å². The summed E-state index contributed by atoms with van der Waals surface area (Å²) in [4.78, 5) is 28.4. The van der Waals surface area contributed by atoms with Crippen LogP contribution >= 0.6 is 11.8 Å².